The maximum absolute atomic E-state index is 3.58. The van der Waals surface area contributed by atoms with Crippen molar-refractivity contribution >= 4 is 0 Å². The molecule has 1 N–H and O–H groups in total. The van der Waals surface area contributed by atoms with E-state index in [1.807, 2.05) is 0 Å². The zero-order chi connectivity index (χ0) is 10.7. The minimum Gasteiger partial charge on any atom is -0.310 e. The summed E-state index contributed by atoms with van der Waals surface area (Å²) in [6, 6.07) is 10.9. The van der Waals surface area contributed by atoms with E-state index in [0.29, 0.717) is 0 Å². The van der Waals surface area contributed by atoms with Crippen LogP contribution in [0.2, 0.25) is 0 Å². The largest absolute Gasteiger partial charge is 0.310 e. The van der Waals surface area contributed by atoms with E-state index in [-0.39, 0.29) is 5.54 Å². The van der Waals surface area contributed by atoms with Crippen LogP contribution in [0.5, 0.6) is 0 Å². The Labute approximate surface area is 92.9 Å². The van der Waals surface area contributed by atoms with Gasteiger partial charge in [0.15, 0.2) is 0 Å². The molecule has 1 nitrogen and oxygen atoms in total. The Kier molecular flexibility index (Phi) is 3.11. The highest BCUT2D eigenvalue weighted by Gasteiger charge is 2.37. The molecule has 1 aliphatic carbocycles. The molecule has 1 aliphatic rings. The van der Waals surface area contributed by atoms with Gasteiger partial charge in [-0.3, -0.25) is 0 Å². The molecule has 0 aliphatic heterocycles. The van der Waals surface area contributed by atoms with Gasteiger partial charge in [-0.1, -0.05) is 50.1 Å². The third kappa shape index (κ3) is 1.81. The van der Waals surface area contributed by atoms with Crippen molar-refractivity contribution in [1.29, 1.82) is 0 Å². The zero-order valence-electron chi connectivity index (χ0n) is 9.79. The Hall–Kier alpha value is -0.820. The monoisotopic (exact) mass is 203 g/mol. The summed E-state index contributed by atoms with van der Waals surface area (Å²) < 4.78 is 0. The Bertz CT molecular complexity index is 306. The van der Waals surface area contributed by atoms with Crippen LogP contribution < -0.4 is 5.32 Å². The molecule has 0 saturated heterocycles. The summed E-state index contributed by atoms with van der Waals surface area (Å²) >= 11 is 0. The second kappa shape index (κ2) is 4.36. The quantitative estimate of drug-likeness (QED) is 0.777. The Balaban J connectivity index is 2.35. The topological polar surface area (TPSA) is 12.0 Å². The summed E-state index contributed by atoms with van der Waals surface area (Å²) in [4.78, 5) is 0. The molecule has 2 rings (SSSR count). The van der Waals surface area contributed by atoms with E-state index in [0.717, 1.165) is 5.92 Å². The molecule has 1 aromatic rings. The van der Waals surface area contributed by atoms with Crippen LogP contribution in [0.4, 0.5) is 0 Å². The predicted molar refractivity (Wildman–Crippen MR) is 64.8 cm³/mol. The van der Waals surface area contributed by atoms with Gasteiger partial charge >= 0.3 is 0 Å². The van der Waals surface area contributed by atoms with Crippen molar-refractivity contribution in [3.05, 3.63) is 35.9 Å². The summed E-state index contributed by atoms with van der Waals surface area (Å²) in [5.41, 5.74) is 1.68. The van der Waals surface area contributed by atoms with Crippen LogP contribution in [-0.4, -0.2) is 7.05 Å². The molecule has 0 amide bonds. The first-order valence-corrected chi connectivity index (χ1v) is 6.04. The van der Waals surface area contributed by atoms with Gasteiger partial charge in [-0.2, -0.15) is 0 Å². The fourth-order valence-electron chi connectivity index (χ4n) is 3.03. The number of benzene rings is 1. The second-order valence-electron chi connectivity index (χ2n) is 4.73. The molecule has 0 bridgehead atoms. The lowest BCUT2D eigenvalue weighted by Gasteiger charge is -2.43. The van der Waals surface area contributed by atoms with Crippen molar-refractivity contribution in [2.45, 2.75) is 38.1 Å². The minimum absolute atomic E-state index is 0.222. The average molecular weight is 203 g/mol. The van der Waals surface area contributed by atoms with E-state index >= 15 is 0 Å². The van der Waals surface area contributed by atoms with Gasteiger partial charge in [0.2, 0.25) is 0 Å². The Morgan fingerprint density at radius 3 is 2.53 bits per heavy atom. The number of rotatable bonds is 2. The number of nitrogens with one attached hydrogen (secondary N) is 1. The Morgan fingerprint density at radius 1 is 1.20 bits per heavy atom. The first-order valence-electron chi connectivity index (χ1n) is 6.04. The third-order valence-corrected chi connectivity index (χ3v) is 4.03. The maximum atomic E-state index is 3.58. The summed E-state index contributed by atoms with van der Waals surface area (Å²) in [5.74, 6) is 0.735. The third-order valence-electron chi connectivity index (χ3n) is 4.03. The predicted octanol–water partition coefficient (Wildman–Crippen LogP) is 3.31. The van der Waals surface area contributed by atoms with Crippen molar-refractivity contribution in [3.8, 4) is 0 Å². The van der Waals surface area contributed by atoms with Crippen LogP contribution in [0, 0.1) is 5.92 Å². The molecule has 0 heterocycles. The molecule has 1 fully saturated rings. The number of hydrogen-bond acceptors (Lipinski definition) is 1. The zero-order valence-corrected chi connectivity index (χ0v) is 9.79. The van der Waals surface area contributed by atoms with Gasteiger partial charge in [-0.05, 0) is 31.4 Å². The van der Waals surface area contributed by atoms with E-state index in [9.17, 15) is 0 Å². The molecule has 1 heteroatoms. The SMILES string of the molecule is CN[C@@]1(c2ccccc2)CCCC[C@@H]1C. The average Bonchev–Trinajstić information content (AvgIpc) is 2.31. The molecule has 15 heavy (non-hydrogen) atoms. The van der Waals surface area contributed by atoms with Crippen LogP contribution in [0.1, 0.15) is 38.2 Å². The normalized spacial score (nSPS) is 31.5. The van der Waals surface area contributed by atoms with E-state index in [4.69, 9.17) is 0 Å². The van der Waals surface area contributed by atoms with Crippen LogP contribution in [-0.2, 0) is 5.54 Å². The second-order valence-corrected chi connectivity index (χ2v) is 4.73. The summed E-state index contributed by atoms with van der Waals surface area (Å²) in [7, 11) is 2.11. The van der Waals surface area contributed by atoms with Crippen molar-refractivity contribution in [1.82, 2.24) is 5.32 Å². The van der Waals surface area contributed by atoms with Gasteiger partial charge in [-0.25, -0.2) is 0 Å². The van der Waals surface area contributed by atoms with Gasteiger partial charge in [0, 0.05) is 5.54 Å². The van der Waals surface area contributed by atoms with Gasteiger partial charge in [0.1, 0.15) is 0 Å². The van der Waals surface area contributed by atoms with Gasteiger partial charge in [0.05, 0.1) is 0 Å². The van der Waals surface area contributed by atoms with Gasteiger partial charge in [-0.15, -0.1) is 0 Å². The van der Waals surface area contributed by atoms with Crippen molar-refractivity contribution < 1.29 is 0 Å². The van der Waals surface area contributed by atoms with E-state index in [2.05, 4.69) is 49.6 Å². The van der Waals surface area contributed by atoms with Gasteiger partial charge in [0.25, 0.3) is 0 Å². The molecule has 2 atom stereocenters. The molecule has 0 aromatic heterocycles. The van der Waals surface area contributed by atoms with E-state index in [1.54, 1.807) is 0 Å². The minimum atomic E-state index is 0.222. The molecule has 1 saturated carbocycles. The number of hydrogen-bond donors (Lipinski definition) is 1. The lowest BCUT2D eigenvalue weighted by atomic mass is 9.70. The Morgan fingerprint density at radius 2 is 1.93 bits per heavy atom. The van der Waals surface area contributed by atoms with Gasteiger partial charge < -0.3 is 5.32 Å². The lowest BCUT2D eigenvalue weighted by molar-refractivity contribution is 0.165. The molecule has 82 valence electrons. The maximum Gasteiger partial charge on any atom is 0.0458 e. The smallest absolute Gasteiger partial charge is 0.0458 e. The highest BCUT2D eigenvalue weighted by atomic mass is 15.0. The molecule has 1 aromatic carbocycles. The molecule has 0 radical (unpaired) electrons. The first-order chi connectivity index (χ1) is 7.29. The van der Waals surface area contributed by atoms with Crippen molar-refractivity contribution in [2.24, 2.45) is 5.92 Å². The highest BCUT2D eigenvalue weighted by Crippen LogP contribution is 2.40. The summed E-state index contributed by atoms with van der Waals surface area (Å²) in [5, 5.41) is 3.58. The van der Waals surface area contributed by atoms with Crippen molar-refractivity contribution in [3.63, 3.8) is 0 Å². The molecule has 0 spiro atoms. The van der Waals surface area contributed by atoms with Crippen molar-refractivity contribution in [2.75, 3.05) is 7.05 Å². The summed E-state index contributed by atoms with van der Waals surface area (Å²) in [6.07, 6.45) is 5.35. The highest BCUT2D eigenvalue weighted by molar-refractivity contribution is 5.26. The van der Waals surface area contributed by atoms with E-state index in [1.165, 1.54) is 31.2 Å². The van der Waals surface area contributed by atoms with Crippen LogP contribution in [0.25, 0.3) is 0 Å². The standard InChI is InChI=1S/C14H21N/c1-12-8-6-7-11-14(12,15-2)13-9-4-3-5-10-13/h3-5,9-10,12,15H,6-8,11H2,1-2H3/t12-,14-/m0/s1. The molecular weight excluding hydrogens is 182 g/mol. The fraction of sp³-hybridized carbons (Fsp3) is 0.571. The lowest BCUT2D eigenvalue weighted by Crippen LogP contribution is -2.47. The summed E-state index contributed by atoms with van der Waals surface area (Å²) in [6.45, 7) is 2.38. The molecule has 0 unspecified atom stereocenters. The fourth-order valence-corrected chi connectivity index (χ4v) is 3.03. The first kappa shape index (κ1) is 10.7. The van der Waals surface area contributed by atoms with Crippen LogP contribution in [0.15, 0.2) is 30.3 Å². The molecular formula is C14H21N. The van der Waals surface area contributed by atoms with E-state index < -0.39 is 0 Å². The van der Waals surface area contributed by atoms with Crippen LogP contribution >= 0.6 is 0 Å². The van der Waals surface area contributed by atoms with Crippen LogP contribution in [0.3, 0.4) is 0 Å².